The Kier molecular flexibility index (Phi) is 10.8. The minimum absolute atomic E-state index is 1.04. The molecule has 0 bridgehead atoms. The maximum atomic E-state index is 2.30. The first-order chi connectivity index (χ1) is 25.3. The van der Waals surface area contributed by atoms with Gasteiger partial charge in [0.15, 0.2) is 0 Å². The Morgan fingerprint density at radius 1 is 0.294 bits per heavy atom. The van der Waals surface area contributed by atoms with E-state index in [0.717, 1.165) is 6.16 Å². The Bertz CT molecular complexity index is 2080. The molecule has 0 nitrogen and oxygen atoms in total. The number of rotatable bonds is 8. The molecule has 0 spiro atoms. The molecule has 0 aliphatic carbocycles. The van der Waals surface area contributed by atoms with E-state index in [1.165, 1.54) is 60.8 Å². The predicted octanol–water partition coefficient (Wildman–Crippen LogP) is 9.86. The van der Waals surface area contributed by atoms with Crippen LogP contribution in [0.2, 0.25) is 0 Å². The van der Waals surface area contributed by atoms with E-state index in [1.54, 1.807) is 0 Å². The Morgan fingerprint density at radius 3 is 0.922 bits per heavy atom. The van der Waals surface area contributed by atoms with E-state index in [1.807, 2.05) is 9.24 Å². The van der Waals surface area contributed by atoms with Crippen LogP contribution in [-0.4, -0.2) is 6.15 Å². The van der Waals surface area contributed by atoms with Crippen LogP contribution in [0.3, 0.4) is 0 Å². The quantitative estimate of drug-likeness (QED) is 0.111. The minimum Gasteiger partial charge on any atom is -0.195 e. The maximum absolute atomic E-state index is 2.30. The second kappa shape index (κ2) is 16.3. The van der Waals surface area contributed by atoms with Gasteiger partial charge >= 0.3 is 0 Å². The third-order valence-corrected chi connectivity index (χ3v) is 10.5. The predicted molar refractivity (Wildman–Crippen MR) is 228 cm³/mol. The van der Waals surface area contributed by atoms with Crippen molar-refractivity contribution in [2.45, 2.75) is 6.16 Å². The van der Waals surface area contributed by atoms with E-state index >= 15 is 0 Å². The van der Waals surface area contributed by atoms with Crippen LogP contribution in [0.5, 0.6) is 0 Å². The van der Waals surface area contributed by atoms with Crippen molar-refractivity contribution >= 4 is 37.2 Å². The Labute approximate surface area is 305 Å². The highest BCUT2D eigenvalue weighted by molar-refractivity contribution is 7.19. The van der Waals surface area contributed by atoms with Crippen molar-refractivity contribution in [1.82, 2.24) is 0 Å². The molecule has 8 aromatic rings. The van der Waals surface area contributed by atoms with Crippen molar-refractivity contribution in [3.63, 3.8) is 0 Å². The van der Waals surface area contributed by atoms with Crippen molar-refractivity contribution < 1.29 is 0 Å². The summed E-state index contributed by atoms with van der Waals surface area (Å²) in [5.41, 5.74) is 14.5. The molecular formula is C49H42BP. The van der Waals surface area contributed by atoms with E-state index in [9.17, 15) is 0 Å². The highest BCUT2D eigenvalue weighted by atomic mass is 31.0. The van der Waals surface area contributed by atoms with Gasteiger partial charge in [-0.05, 0) is 48.2 Å². The van der Waals surface area contributed by atoms with Gasteiger partial charge in [-0.2, -0.15) is 21.9 Å². The minimum atomic E-state index is -1.22. The fourth-order valence-electron chi connectivity index (χ4n) is 7.67. The van der Waals surface area contributed by atoms with Crippen molar-refractivity contribution in [2.24, 2.45) is 0 Å². The van der Waals surface area contributed by atoms with Crippen LogP contribution < -0.4 is 21.9 Å². The lowest BCUT2D eigenvalue weighted by Gasteiger charge is -2.44. The van der Waals surface area contributed by atoms with Crippen molar-refractivity contribution in [1.29, 1.82) is 0 Å². The molecule has 0 aromatic heterocycles. The summed E-state index contributed by atoms with van der Waals surface area (Å²) in [5.74, 6) is 0. The van der Waals surface area contributed by atoms with Gasteiger partial charge in [0.2, 0.25) is 0 Å². The number of hydrogen-bond donors (Lipinski definition) is 0. The van der Waals surface area contributed by atoms with E-state index in [2.05, 4.69) is 224 Å². The van der Waals surface area contributed by atoms with E-state index in [-0.39, 0.29) is 0 Å². The van der Waals surface area contributed by atoms with Gasteiger partial charge in [-0.15, -0.1) is 0 Å². The molecule has 0 amide bonds. The van der Waals surface area contributed by atoms with Crippen LogP contribution in [0.25, 0.3) is 33.4 Å². The zero-order chi connectivity index (χ0) is 34.7. The second-order valence-corrected chi connectivity index (χ2v) is 13.4. The van der Waals surface area contributed by atoms with Crippen LogP contribution in [0.15, 0.2) is 224 Å². The summed E-state index contributed by atoms with van der Waals surface area (Å²) < 4.78 is 0. The molecule has 0 aliphatic rings. The molecule has 51 heavy (non-hydrogen) atoms. The van der Waals surface area contributed by atoms with Crippen LogP contribution in [0.4, 0.5) is 0 Å². The topological polar surface area (TPSA) is 0 Å². The summed E-state index contributed by atoms with van der Waals surface area (Å²) in [6, 6.07) is 80.3. The summed E-state index contributed by atoms with van der Waals surface area (Å²) in [7, 11) is 2.02. The fraction of sp³-hybridized carbons (Fsp3) is 0.0204. The monoisotopic (exact) mass is 672 g/mol. The standard InChI is InChI=1S/C25H21P.C24H20B/c26-18-22-16-17-23(19-10-4-1-5-11-19)25(21-14-8-3-9-15-21)24(22)20-12-6-2-7-13-20;1-5-13-21(14-6-1)25(22-15-7-2-8-16-22,23-17-9-3-10-18-23)24-19-11-4-12-20-24/h1-17H,18,26H2;1-20H/q;-1/p+1. The van der Waals surface area contributed by atoms with Gasteiger partial charge < -0.3 is 0 Å². The van der Waals surface area contributed by atoms with Gasteiger partial charge in [0.25, 0.3) is 0 Å². The van der Waals surface area contributed by atoms with Crippen LogP contribution in [0.1, 0.15) is 5.56 Å². The highest BCUT2D eigenvalue weighted by Crippen LogP contribution is 2.42. The summed E-state index contributed by atoms with van der Waals surface area (Å²) in [5, 5.41) is 0. The van der Waals surface area contributed by atoms with Gasteiger partial charge in [-0.1, -0.05) is 224 Å². The van der Waals surface area contributed by atoms with Crippen molar-refractivity contribution in [3.05, 3.63) is 230 Å². The summed E-state index contributed by atoms with van der Waals surface area (Å²) in [6.07, 6.45) is -0.175. The third-order valence-electron chi connectivity index (χ3n) is 9.97. The summed E-state index contributed by atoms with van der Waals surface area (Å²) >= 11 is 0. The van der Waals surface area contributed by atoms with Gasteiger partial charge in [0.1, 0.15) is 6.15 Å². The highest BCUT2D eigenvalue weighted by Gasteiger charge is 2.31. The van der Waals surface area contributed by atoms with Crippen LogP contribution in [-0.2, 0) is 6.16 Å². The van der Waals surface area contributed by atoms with Crippen LogP contribution >= 0.6 is 9.24 Å². The fourth-order valence-corrected chi connectivity index (χ4v) is 8.09. The first kappa shape index (κ1) is 33.7. The van der Waals surface area contributed by atoms with Gasteiger partial charge in [-0.25, -0.2) is 0 Å². The Morgan fingerprint density at radius 2 is 0.588 bits per heavy atom. The molecule has 8 aromatic carbocycles. The smallest absolute Gasteiger partial charge is 0.108 e. The lowest BCUT2D eigenvalue weighted by Crippen LogP contribution is -2.74. The Balaban J connectivity index is 0.000000159. The Hall–Kier alpha value is -5.75. The molecule has 0 saturated carbocycles. The SMILES string of the molecule is [PH3+]Cc1ccc(-c2ccccc2)c(-c2ccccc2)c1-c1ccccc1.c1ccc([B-](c2ccccc2)(c2ccccc2)c2ccccc2)cc1. The summed E-state index contributed by atoms with van der Waals surface area (Å²) in [4.78, 5) is 0. The molecule has 2 heteroatoms. The number of benzene rings is 8. The van der Waals surface area contributed by atoms with Crippen molar-refractivity contribution in [3.8, 4) is 33.4 Å². The molecule has 1 atom stereocenters. The third kappa shape index (κ3) is 7.13. The summed E-state index contributed by atoms with van der Waals surface area (Å²) in [6.45, 7) is 0. The van der Waals surface area contributed by atoms with Crippen molar-refractivity contribution in [2.75, 3.05) is 0 Å². The first-order valence-electron chi connectivity index (χ1n) is 17.8. The molecule has 0 fully saturated rings. The molecule has 0 radical (unpaired) electrons. The zero-order valence-corrected chi connectivity index (χ0v) is 30.3. The largest absolute Gasteiger partial charge is 0.195 e. The lowest BCUT2D eigenvalue weighted by atomic mass is 9.13. The molecular weight excluding hydrogens is 630 g/mol. The molecule has 0 N–H and O–H groups in total. The molecule has 1 unspecified atom stereocenters. The van der Waals surface area contributed by atoms with E-state index in [4.69, 9.17) is 0 Å². The first-order valence-corrected chi connectivity index (χ1v) is 18.8. The second-order valence-electron chi connectivity index (χ2n) is 12.9. The molecule has 246 valence electrons. The average molecular weight is 673 g/mol. The normalized spacial score (nSPS) is 11.0. The van der Waals surface area contributed by atoms with Crippen LogP contribution in [0, 0.1) is 0 Å². The average Bonchev–Trinajstić information content (AvgIpc) is 3.23. The zero-order valence-electron chi connectivity index (χ0n) is 28.9. The molecule has 0 aliphatic heterocycles. The molecule has 8 rings (SSSR count). The van der Waals surface area contributed by atoms with E-state index in [0.29, 0.717) is 0 Å². The molecule has 0 saturated heterocycles. The lowest BCUT2D eigenvalue weighted by molar-refractivity contribution is 1.41. The molecule has 0 heterocycles. The van der Waals surface area contributed by atoms with E-state index < -0.39 is 6.15 Å². The number of hydrogen-bond acceptors (Lipinski definition) is 0. The van der Waals surface area contributed by atoms with Gasteiger partial charge in [0.05, 0.1) is 6.16 Å². The maximum Gasteiger partial charge on any atom is 0.108 e. The van der Waals surface area contributed by atoms with Gasteiger partial charge in [-0.3, -0.25) is 0 Å². The van der Waals surface area contributed by atoms with Gasteiger partial charge in [0, 0.05) is 0 Å².